The van der Waals surface area contributed by atoms with Crippen LogP contribution < -0.4 is 10.6 Å². The number of fused-ring (bicyclic) bond motifs is 1. The van der Waals surface area contributed by atoms with Crippen LogP contribution in [0.3, 0.4) is 0 Å². The molecule has 2 amide bonds. The summed E-state index contributed by atoms with van der Waals surface area (Å²) < 4.78 is 5.46. The van der Waals surface area contributed by atoms with E-state index in [2.05, 4.69) is 17.6 Å². The van der Waals surface area contributed by atoms with Gasteiger partial charge < -0.3 is 15.4 Å². The molecule has 2 heterocycles. The first kappa shape index (κ1) is 26.1. The van der Waals surface area contributed by atoms with Gasteiger partial charge >= 0.3 is 5.97 Å². The molecule has 6 nitrogen and oxygen atoms in total. The summed E-state index contributed by atoms with van der Waals surface area (Å²) in [4.78, 5) is 41.2. The summed E-state index contributed by atoms with van der Waals surface area (Å²) in [5, 5.41) is 8.11. The molecule has 0 aliphatic heterocycles. The van der Waals surface area contributed by atoms with Crippen molar-refractivity contribution < 1.29 is 19.1 Å². The van der Waals surface area contributed by atoms with Crippen LogP contribution in [0.5, 0.6) is 0 Å². The van der Waals surface area contributed by atoms with Crippen molar-refractivity contribution in [1.82, 2.24) is 0 Å². The van der Waals surface area contributed by atoms with E-state index in [9.17, 15) is 14.4 Å². The summed E-state index contributed by atoms with van der Waals surface area (Å²) >= 11 is 2.72. The second kappa shape index (κ2) is 10.6. The number of rotatable bonds is 6. The molecule has 0 fully saturated rings. The van der Waals surface area contributed by atoms with Crippen molar-refractivity contribution >= 4 is 51.1 Å². The summed E-state index contributed by atoms with van der Waals surface area (Å²) in [6.45, 7) is 11.4. The van der Waals surface area contributed by atoms with Crippen LogP contribution >= 0.6 is 22.7 Å². The number of aryl methyl sites for hydroxylation is 2. The van der Waals surface area contributed by atoms with E-state index in [-0.39, 0.29) is 23.5 Å². The van der Waals surface area contributed by atoms with Crippen molar-refractivity contribution in [3.8, 4) is 0 Å². The Balaban J connectivity index is 1.66. The molecule has 2 N–H and O–H groups in total. The zero-order valence-corrected chi connectivity index (χ0v) is 23.2. The first-order chi connectivity index (χ1) is 17.0. The fourth-order valence-electron chi connectivity index (χ4n) is 4.51. The molecule has 1 aliphatic rings. The quantitative estimate of drug-likeness (QED) is 0.343. The number of benzene rings is 1. The van der Waals surface area contributed by atoms with Crippen LogP contribution in [0.25, 0.3) is 0 Å². The largest absolute Gasteiger partial charge is 0.459 e. The number of carbonyl (C=O) groups excluding carboxylic acids is 3. The van der Waals surface area contributed by atoms with E-state index in [1.165, 1.54) is 4.88 Å². The molecule has 0 saturated heterocycles. The van der Waals surface area contributed by atoms with Crippen LogP contribution in [0, 0.1) is 26.7 Å². The Bertz CT molecular complexity index is 1340. The lowest BCUT2D eigenvalue weighted by atomic mass is 9.88. The third-order valence-electron chi connectivity index (χ3n) is 6.40. The van der Waals surface area contributed by atoms with Crippen LogP contribution in [-0.4, -0.2) is 23.9 Å². The first-order valence-electron chi connectivity index (χ1n) is 12.2. The van der Waals surface area contributed by atoms with E-state index >= 15 is 0 Å². The fourth-order valence-corrected chi connectivity index (χ4v) is 6.84. The SMILES string of the molecule is Cc1ccc(NC(=O)c2sc(NC(=O)c3csc4c3CC[C@@H](C)C4)c(C(=O)OC(C)C)c2C)c(C)c1. The lowest BCUT2D eigenvalue weighted by Crippen LogP contribution is -2.18. The van der Waals surface area contributed by atoms with Crippen LogP contribution in [0.2, 0.25) is 0 Å². The molecule has 0 saturated carbocycles. The fraction of sp³-hybridized carbons (Fsp3) is 0.393. The molecule has 4 rings (SSSR count). The third-order valence-corrected chi connectivity index (χ3v) is 8.66. The number of amides is 2. The number of esters is 1. The highest BCUT2D eigenvalue weighted by Gasteiger charge is 2.29. The Morgan fingerprint density at radius 3 is 2.53 bits per heavy atom. The lowest BCUT2D eigenvalue weighted by molar-refractivity contribution is 0.0379. The Labute approximate surface area is 220 Å². The number of hydrogen-bond donors (Lipinski definition) is 2. The smallest absolute Gasteiger partial charge is 0.341 e. The second-order valence-electron chi connectivity index (χ2n) is 9.84. The highest BCUT2D eigenvalue weighted by molar-refractivity contribution is 7.19. The molecule has 8 heteroatoms. The van der Waals surface area contributed by atoms with Gasteiger partial charge in [0.1, 0.15) is 5.00 Å². The van der Waals surface area contributed by atoms with E-state index in [4.69, 9.17) is 4.74 Å². The van der Waals surface area contributed by atoms with E-state index in [1.807, 2.05) is 37.4 Å². The number of ether oxygens (including phenoxy) is 1. The summed E-state index contributed by atoms with van der Waals surface area (Å²) in [7, 11) is 0. The minimum Gasteiger partial charge on any atom is -0.459 e. The molecule has 36 heavy (non-hydrogen) atoms. The van der Waals surface area contributed by atoms with Gasteiger partial charge in [-0.05, 0) is 82.6 Å². The van der Waals surface area contributed by atoms with Crippen molar-refractivity contribution in [3.05, 3.63) is 66.7 Å². The number of anilines is 2. The van der Waals surface area contributed by atoms with Gasteiger partial charge in [0, 0.05) is 15.9 Å². The predicted molar refractivity (Wildman–Crippen MR) is 147 cm³/mol. The Morgan fingerprint density at radius 2 is 1.83 bits per heavy atom. The highest BCUT2D eigenvalue weighted by atomic mass is 32.1. The average molecular weight is 525 g/mol. The lowest BCUT2D eigenvalue weighted by Gasteiger charge is -2.18. The van der Waals surface area contributed by atoms with E-state index in [1.54, 1.807) is 32.1 Å². The van der Waals surface area contributed by atoms with Gasteiger partial charge in [-0.2, -0.15) is 0 Å². The highest BCUT2D eigenvalue weighted by Crippen LogP contribution is 2.37. The molecule has 1 aromatic carbocycles. The Kier molecular flexibility index (Phi) is 7.66. The molecule has 3 aromatic rings. The summed E-state index contributed by atoms with van der Waals surface area (Å²) in [6.07, 6.45) is 2.58. The Hall–Kier alpha value is -2.97. The summed E-state index contributed by atoms with van der Waals surface area (Å²) in [5.74, 6) is -0.530. The monoisotopic (exact) mass is 524 g/mol. The molecule has 0 radical (unpaired) electrons. The molecule has 0 bridgehead atoms. The second-order valence-corrected chi connectivity index (χ2v) is 11.8. The normalized spacial score (nSPS) is 14.9. The van der Waals surface area contributed by atoms with Gasteiger partial charge in [-0.3, -0.25) is 9.59 Å². The van der Waals surface area contributed by atoms with E-state index in [0.29, 0.717) is 32.6 Å². The van der Waals surface area contributed by atoms with Gasteiger partial charge in [0.15, 0.2) is 0 Å². The molecule has 190 valence electrons. The predicted octanol–water partition coefficient (Wildman–Crippen LogP) is 6.93. The molecule has 0 unspecified atom stereocenters. The molecular formula is C28H32N2O4S2. The maximum Gasteiger partial charge on any atom is 0.341 e. The molecular weight excluding hydrogens is 492 g/mol. The van der Waals surface area contributed by atoms with Gasteiger partial charge in [-0.15, -0.1) is 22.7 Å². The van der Waals surface area contributed by atoms with Crippen LogP contribution in [0.15, 0.2) is 23.6 Å². The van der Waals surface area contributed by atoms with Crippen LogP contribution in [-0.2, 0) is 17.6 Å². The average Bonchev–Trinajstić information content (AvgIpc) is 3.35. The minimum atomic E-state index is -0.555. The number of hydrogen-bond acceptors (Lipinski definition) is 6. The van der Waals surface area contributed by atoms with E-state index in [0.717, 1.165) is 47.3 Å². The Morgan fingerprint density at radius 1 is 1.08 bits per heavy atom. The van der Waals surface area contributed by atoms with E-state index < -0.39 is 5.97 Å². The minimum absolute atomic E-state index is 0.227. The number of thiophene rings is 2. The summed E-state index contributed by atoms with van der Waals surface area (Å²) in [6, 6.07) is 5.79. The van der Waals surface area contributed by atoms with Crippen LogP contribution in [0.1, 0.15) is 84.7 Å². The summed E-state index contributed by atoms with van der Waals surface area (Å²) in [5.41, 5.74) is 5.22. The molecule has 0 spiro atoms. The van der Waals surface area contributed by atoms with Gasteiger partial charge in [0.2, 0.25) is 0 Å². The van der Waals surface area contributed by atoms with Gasteiger partial charge in [0.25, 0.3) is 11.8 Å². The van der Waals surface area contributed by atoms with Gasteiger partial charge in [-0.25, -0.2) is 4.79 Å². The maximum absolute atomic E-state index is 13.3. The van der Waals surface area contributed by atoms with Crippen molar-refractivity contribution in [2.75, 3.05) is 10.6 Å². The van der Waals surface area contributed by atoms with Crippen LogP contribution in [0.4, 0.5) is 10.7 Å². The van der Waals surface area contributed by atoms with Gasteiger partial charge in [-0.1, -0.05) is 24.6 Å². The number of carbonyl (C=O) groups is 3. The van der Waals surface area contributed by atoms with Gasteiger partial charge in [0.05, 0.1) is 22.1 Å². The topological polar surface area (TPSA) is 84.5 Å². The standard InChI is InChI=1S/C28H32N2O4S2/c1-14(2)34-28(33)23-18(6)24(26(32)29-21-10-8-15(3)11-17(21)5)36-27(23)30-25(31)20-13-35-22-12-16(4)7-9-19(20)22/h8,10-11,13-14,16H,7,9,12H2,1-6H3,(H,29,32)(H,30,31)/t16-/m1/s1. The zero-order valence-electron chi connectivity index (χ0n) is 21.5. The molecule has 2 aromatic heterocycles. The molecule has 1 atom stereocenters. The zero-order chi connectivity index (χ0) is 26.1. The third kappa shape index (κ3) is 5.39. The van der Waals surface area contributed by atoms with Crippen molar-refractivity contribution in [2.24, 2.45) is 5.92 Å². The van der Waals surface area contributed by atoms with Crippen molar-refractivity contribution in [1.29, 1.82) is 0 Å². The van der Waals surface area contributed by atoms with Crippen molar-refractivity contribution in [3.63, 3.8) is 0 Å². The van der Waals surface area contributed by atoms with Crippen molar-refractivity contribution in [2.45, 2.75) is 66.9 Å². The first-order valence-corrected chi connectivity index (χ1v) is 13.9. The molecule has 1 aliphatic carbocycles. The maximum atomic E-state index is 13.3. The number of nitrogens with one attached hydrogen (secondary N) is 2.